The van der Waals surface area contributed by atoms with E-state index in [9.17, 15) is 0 Å². The second-order valence-electron chi connectivity index (χ2n) is 14.6. The van der Waals surface area contributed by atoms with Crippen LogP contribution >= 0.6 is 0 Å². The molecule has 0 unspecified atom stereocenters. The standard InChI is InChI=1S/C52H30N4/c1-3-35-12-13-37-16-21-42(43-22-17-36(4-1)49(35)50(37)43)46-25-20-34-11-15-40(30-48(34)56-46)39-14-10-33-19-24-45(55-47(33)29-39)32-8-6-31(7-9-32)41-26-28-54-52-44(41)23-18-38-5-2-27-53-51(38)52/h1-30H. The molecule has 4 heteroatoms. The lowest BCUT2D eigenvalue weighted by Gasteiger charge is -2.14. The lowest BCUT2D eigenvalue weighted by atomic mass is 9.91. The molecule has 12 rings (SSSR count). The van der Waals surface area contributed by atoms with Crippen molar-refractivity contribution in [1.82, 2.24) is 19.9 Å². The average molecular weight is 711 g/mol. The van der Waals surface area contributed by atoms with Crippen molar-refractivity contribution in [2.45, 2.75) is 0 Å². The van der Waals surface area contributed by atoms with Crippen LogP contribution in [0.3, 0.4) is 0 Å². The highest BCUT2D eigenvalue weighted by molar-refractivity contribution is 6.25. The molecule has 0 aliphatic heterocycles. The summed E-state index contributed by atoms with van der Waals surface area (Å²) < 4.78 is 0. The topological polar surface area (TPSA) is 51.6 Å². The first kappa shape index (κ1) is 30.9. The normalized spacial score (nSPS) is 11.9. The van der Waals surface area contributed by atoms with Gasteiger partial charge in [-0.1, -0.05) is 133 Å². The van der Waals surface area contributed by atoms with Crippen LogP contribution in [-0.2, 0) is 0 Å². The van der Waals surface area contributed by atoms with Gasteiger partial charge in [-0.05, 0) is 91.0 Å². The summed E-state index contributed by atoms with van der Waals surface area (Å²) in [5.41, 5.74) is 12.4. The van der Waals surface area contributed by atoms with Crippen LogP contribution in [0.4, 0.5) is 0 Å². The van der Waals surface area contributed by atoms with Crippen LogP contribution in [0, 0.1) is 0 Å². The molecule has 0 bridgehead atoms. The molecule has 56 heavy (non-hydrogen) atoms. The number of fused-ring (bicyclic) bond motifs is 5. The van der Waals surface area contributed by atoms with Crippen molar-refractivity contribution in [3.05, 3.63) is 182 Å². The number of hydrogen-bond acceptors (Lipinski definition) is 4. The van der Waals surface area contributed by atoms with E-state index >= 15 is 0 Å². The molecule has 0 spiro atoms. The van der Waals surface area contributed by atoms with E-state index < -0.39 is 0 Å². The highest BCUT2D eigenvalue weighted by atomic mass is 14.7. The Morgan fingerprint density at radius 2 is 0.857 bits per heavy atom. The minimum atomic E-state index is 0.920. The van der Waals surface area contributed by atoms with E-state index in [1.807, 2.05) is 18.5 Å². The molecule has 0 N–H and O–H groups in total. The molecule has 0 atom stereocenters. The highest BCUT2D eigenvalue weighted by Gasteiger charge is 2.14. The van der Waals surface area contributed by atoms with Crippen LogP contribution in [0.15, 0.2) is 182 Å². The molecule has 0 saturated carbocycles. The van der Waals surface area contributed by atoms with E-state index in [0.717, 1.165) is 88.4 Å². The third-order valence-corrected chi connectivity index (χ3v) is 11.5. The number of benzene rings is 8. The highest BCUT2D eigenvalue weighted by Crippen LogP contribution is 2.40. The Morgan fingerprint density at radius 3 is 1.64 bits per heavy atom. The molecule has 0 radical (unpaired) electrons. The maximum Gasteiger partial charge on any atom is 0.0970 e. The molecule has 258 valence electrons. The van der Waals surface area contributed by atoms with Gasteiger partial charge in [0.1, 0.15) is 0 Å². The first-order valence-electron chi connectivity index (χ1n) is 18.9. The van der Waals surface area contributed by atoms with Crippen molar-refractivity contribution in [3.8, 4) is 44.8 Å². The molecular formula is C52H30N4. The third kappa shape index (κ3) is 4.79. The number of nitrogens with zero attached hydrogens (tertiary/aromatic N) is 4. The van der Waals surface area contributed by atoms with E-state index in [4.69, 9.17) is 15.0 Å². The molecule has 4 heterocycles. The number of rotatable bonds is 4. The van der Waals surface area contributed by atoms with Crippen molar-refractivity contribution < 1.29 is 0 Å². The predicted octanol–water partition coefficient (Wildman–Crippen LogP) is 13.4. The second-order valence-corrected chi connectivity index (χ2v) is 14.6. The van der Waals surface area contributed by atoms with E-state index in [0.29, 0.717) is 0 Å². The second kappa shape index (κ2) is 12.0. The predicted molar refractivity (Wildman–Crippen MR) is 233 cm³/mol. The first-order chi connectivity index (χ1) is 27.7. The largest absolute Gasteiger partial charge is 0.254 e. The maximum atomic E-state index is 5.27. The smallest absolute Gasteiger partial charge is 0.0970 e. The summed E-state index contributed by atoms with van der Waals surface area (Å²) in [6, 6.07) is 60.7. The summed E-state index contributed by atoms with van der Waals surface area (Å²) in [5.74, 6) is 0. The van der Waals surface area contributed by atoms with Crippen molar-refractivity contribution >= 4 is 75.9 Å². The quantitative estimate of drug-likeness (QED) is 0.171. The first-order valence-corrected chi connectivity index (χ1v) is 18.9. The van der Waals surface area contributed by atoms with Gasteiger partial charge in [0, 0.05) is 45.1 Å². The van der Waals surface area contributed by atoms with Crippen LogP contribution in [0.5, 0.6) is 0 Å². The molecule has 8 aromatic carbocycles. The van der Waals surface area contributed by atoms with Crippen LogP contribution < -0.4 is 0 Å². The third-order valence-electron chi connectivity index (χ3n) is 11.5. The molecule has 4 aromatic heterocycles. The van der Waals surface area contributed by atoms with Crippen molar-refractivity contribution in [2.75, 3.05) is 0 Å². The number of pyridine rings is 4. The van der Waals surface area contributed by atoms with Gasteiger partial charge >= 0.3 is 0 Å². The molecule has 4 nitrogen and oxygen atoms in total. The Kier molecular flexibility index (Phi) is 6.60. The average Bonchev–Trinajstić information content (AvgIpc) is 3.27. The van der Waals surface area contributed by atoms with Crippen LogP contribution in [0.25, 0.3) is 121 Å². The lowest BCUT2D eigenvalue weighted by Crippen LogP contribution is -1.90. The molecule has 0 aliphatic rings. The fraction of sp³-hybridized carbons (Fsp3) is 0. The van der Waals surface area contributed by atoms with Gasteiger partial charge in [0.25, 0.3) is 0 Å². The maximum absolute atomic E-state index is 5.27. The minimum absolute atomic E-state index is 0.920. The van der Waals surface area contributed by atoms with Crippen molar-refractivity contribution in [3.63, 3.8) is 0 Å². The summed E-state index contributed by atoms with van der Waals surface area (Å²) in [7, 11) is 0. The zero-order chi connectivity index (χ0) is 36.7. The Bertz CT molecular complexity index is 3520. The SMILES string of the molecule is c1cnc2c(c1)ccc1c(-c3ccc(-c4ccc5ccc(-c6ccc7ccc(-c8ccc9ccc%10cccc%11ccc8c9c%10%11)nc7c6)cc5n4)cc3)ccnc12. The Hall–Kier alpha value is -7.56. The molecule has 12 aromatic rings. The summed E-state index contributed by atoms with van der Waals surface area (Å²) in [6.45, 7) is 0. The number of aromatic nitrogens is 4. The molecule has 0 amide bonds. The van der Waals surface area contributed by atoms with Gasteiger partial charge in [0.05, 0.1) is 33.5 Å². The molecule has 0 fully saturated rings. The van der Waals surface area contributed by atoms with Gasteiger partial charge in [-0.25, -0.2) is 9.97 Å². The summed E-state index contributed by atoms with van der Waals surface area (Å²) >= 11 is 0. The Labute approximate surface area is 321 Å². The monoisotopic (exact) mass is 710 g/mol. The Balaban J connectivity index is 0.890. The van der Waals surface area contributed by atoms with Gasteiger partial charge in [0.2, 0.25) is 0 Å². The summed E-state index contributed by atoms with van der Waals surface area (Å²) in [4.78, 5) is 19.8. The molecular weight excluding hydrogens is 681 g/mol. The minimum Gasteiger partial charge on any atom is -0.254 e. The van der Waals surface area contributed by atoms with Gasteiger partial charge in [-0.2, -0.15) is 0 Å². The fourth-order valence-electron chi connectivity index (χ4n) is 8.69. The van der Waals surface area contributed by atoms with Crippen molar-refractivity contribution in [1.29, 1.82) is 0 Å². The summed E-state index contributed by atoms with van der Waals surface area (Å²) in [5, 5.41) is 12.1. The van der Waals surface area contributed by atoms with Gasteiger partial charge in [-0.3, -0.25) is 9.97 Å². The van der Waals surface area contributed by atoms with Gasteiger partial charge in [-0.15, -0.1) is 0 Å². The van der Waals surface area contributed by atoms with E-state index in [1.165, 1.54) is 32.3 Å². The van der Waals surface area contributed by atoms with Gasteiger partial charge in [0.15, 0.2) is 0 Å². The van der Waals surface area contributed by atoms with E-state index in [-0.39, 0.29) is 0 Å². The van der Waals surface area contributed by atoms with Gasteiger partial charge < -0.3 is 0 Å². The van der Waals surface area contributed by atoms with Crippen LogP contribution in [0.2, 0.25) is 0 Å². The zero-order valence-electron chi connectivity index (χ0n) is 30.1. The summed E-state index contributed by atoms with van der Waals surface area (Å²) in [6.07, 6.45) is 3.70. The van der Waals surface area contributed by atoms with E-state index in [1.54, 1.807) is 0 Å². The number of hydrogen-bond donors (Lipinski definition) is 0. The van der Waals surface area contributed by atoms with E-state index in [2.05, 4.69) is 169 Å². The fourth-order valence-corrected chi connectivity index (χ4v) is 8.69. The lowest BCUT2D eigenvalue weighted by molar-refractivity contribution is 1.37. The van der Waals surface area contributed by atoms with Crippen LogP contribution in [0.1, 0.15) is 0 Å². The zero-order valence-corrected chi connectivity index (χ0v) is 30.1. The molecule has 0 saturated heterocycles. The van der Waals surface area contributed by atoms with Crippen LogP contribution in [-0.4, -0.2) is 19.9 Å². The van der Waals surface area contributed by atoms with Crippen molar-refractivity contribution in [2.24, 2.45) is 0 Å². The Morgan fingerprint density at radius 1 is 0.304 bits per heavy atom. The molecule has 0 aliphatic carbocycles.